The smallest absolute Gasteiger partial charge is 0.332 e. The molecule has 0 aromatic carbocycles. The number of hydrogen-bond acceptors (Lipinski definition) is 7. The zero-order valence-electron chi connectivity index (χ0n) is 19.0. The molecule has 0 radical (unpaired) electrons. The van der Waals surface area contributed by atoms with Crippen LogP contribution in [0.5, 0.6) is 0 Å². The fraction of sp³-hybridized carbons (Fsp3) is 0.524. The van der Waals surface area contributed by atoms with Crippen molar-refractivity contribution in [2.75, 3.05) is 13.2 Å². The maximum Gasteiger partial charge on any atom is 0.332 e. The van der Waals surface area contributed by atoms with Crippen LogP contribution in [0.25, 0.3) is 10.2 Å². The largest absolute Gasteiger partial charge is 0.386 e. The number of rotatable bonds is 4. The van der Waals surface area contributed by atoms with Crippen molar-refractivity contribution in [3.05, 3.63) is 48.2 Å². The number of hydrogen-bond donors (Lipinski definition) is 2. The standard InChI is InChI=1S/C21H27N5O5S/c1-10(2)26-19-16(17(27)24(6)20(26)29)15(18(28)25-8-21(5,30)9-31-25)14(32-19)7-13-11(3)22-23-12(13)4/h10,30H,7-9H2,1-6H3,(H,22,23)/t21-/m0/s1. The Balaban J connectivity index is 2.01. The van der Waals surface area contributed by atoms with E-state index in [4.69, 9.17) is 4.84 Å². The number of nitrogens with zero attached hydrogens (tertiary/aromatic N) is 4. The van der Waals surface area contributed by atoms with E-state index in [2.05, 4.69) is 10.2 Å². The minimum Gasteiger partial charge on any atom is -0.386 e. The van der Waals surface area contributed by atoms with Crippen LogP contribution in [0.15, 0.2) is 9.59 Å². The van der Waals surface area contributed by atoms with Gasteiger partial charge in [0.1, 0.15) is 17.0 Å². The highest BCUT2D eigenvalue weighted by atomic mass is 32.1. The molecule has 11 heteroatoms. The molecule has 172 valence electrons. The molecule has 0 bridgehead atoms. The predicted molar refractivity (Wildman–Crippen MR) is 120 cm³/mol. The van der Waals surface area contributed by atoms with E-state index in [1.54, 1.807) is 6.92 Å². The molecule has 2 N–H and O–H groups in total. The normalized spacial score (nSPS) is 18.9. The van der Waals surface area contributed by atoms with Crippen LogP contribution in [0.2, 0.25) is 0 Å². The van der Waals surface area contributed by atoms with Gasteiger partial charge in [-0.3, -0.25) is 28.7 Å². The Morgan fingerprint density at radius 2 is 2.03 bits per heavy atom. The van der Waals surface area contributed by atoms with Crippen molar-refractivity contribution in [1.29, 1.82) is 0 Å². The first-order chi connectivity index (χ1) is 14.9. The minimum absolute atomic E-state index is 0.0173. The van der Waals surface area contributed by atoms with Gasteiger partial charge in [0.15, 0.2) is 0 Å². The average Bonchev–Trinajstić information content (AvgIpc) is 3.36. The number of amides is 1. The van der Waals surface area contributed by atoms with Crippen molar-refractivity contribution in [3.63, 3.8) is 0 Å². The van der Waals surface area contributed by atoms with Gasteiger partial charge >= 0.3 is 5.69 Å². The molecular formula is C21H27N5O5S. The molecule has 0 spiro atoms. The van der Waals surface area contributed by atoms with E-state index < -0.39 is 22.8 Å². The van der Waals surface area contributed by atoms with Gasteiger partial charge in [-0.15, -0.1) is 11.3 Å². The molecule has 3 aromatic heterocycles. The summed E-state index contributed by atoms with van der Waals surface area (Å²) >= 11 is 1.26. The second-order valence-electron chi connectivity index (χ2n) is 8.89. The average molecular weight is 462 g/mol. The maximum atomic E-state index is 13.6. The molecule has 0 aliphatic carbocycles. The summed E-state index contributed by atoms with van der Waals surface area (Å²) in [4.78, 5) is 46.2. The van der Waals surface area contributed by atoms with Crippen LogP contribution in [0.4, 0.5) is 0 Å². The molecule has 4 rings (SSSR count). The van der Waals surface area contributed by atoms with Gasteiger partial charge in [0.25, 0.3) is 11.5 Å². The molecule has 1 atom stereocenters. The molecule has 1 fully saturated rings. The molecule has 0 saturated carbocycles. The van der Waals surface area contributed by atoms with Crippen molar-refractivity contribution >= 4 is 27.5 Å². The summed E-state index contributed by atoms with van der Waals surface area (Å²) in [6.45, 7) is 9.03. The van der Waals surface area contributed by atoms with Crippen molar-refractivity contribution in [2.45, 2.75) is 52.7 Å². The summed E-state index contributed by atoms with van der Waals surface area (Å²) in [7, 11) is 1.41. The number of hydroxylamine groups is 2. The van der Waals surface area contributed by atoms with E-state index >= 15 is 0 Å². The summed E-state index contributed by atoms with van der Waals surface area (Å²) in [6.07, 6.45) is 0.369. The summed E-state index contributed by atoms with van der Waals surface area (Å²) < 4.78 is 2.57. The number of β-amino-alcohol motifs (C(OH)–C–C–N with tert-alkyl or cyclic N) is 1. The molecule has 1 amide bonds. The number of thiophene rings is 1. The minimum atomic E-state index is -1.18. The number of carbonyl (C=O) groups is 1. The van der Waals surface area contributed by atoms with E-state index in [1.165, 1.54) is 23.0 Å². The first-order valence-electron chi connectivity index (χ1n) is 10.4. The Labute approximate surface area is 188 Å². The van der Waals surface area contributed by atoms with Gasteiger partial charge in [0, 0.05) is 35.6 Å². The number of H-pyrrole nitrogens is 1. The monoisotopic (exact) mass is 461 g/mol. The second kappa shape index (κ2) is 7.68. The van der Waals surface area contributed by atoms with Gasteiger partial charge in [-0.05, 0) is 34.6 Å². The quantitative estimate of drug-likeness (QED) is 0.606. The lowest BCUT2D eigenvalue weighted by Crippen LogP contribution is -2.39. The highest BCUT2D eigenvalue weighted by molar-refractivity contribution is 7.19. The summed E-state index contributed by atoms with van der Waals surface area (Å²) in [5, 5.41) is 18.8. The Hall–Kier alpha value is -2.76. The van der Waals surface area contributed by atoms with E-state index in [9.17, 15) is 19.5 Å². The van der Waals surface area contributed by atoms with Gasteiger partial charge < -0.3 is 5.11 Å². The summed E-state index contributed by atoms with van der Waals surface area (Å²) in [5.74, 6) is -0.506. The summed E-state index contributed by atoms with van der Waals surface area (Å²) in [5.41, 5.74) is 0.665. The van der Waals surface area contributed by atoms with E-state index in [0.29, 0.717) is 16.1 Å². The topological polar surface area (TPSA) is 122 Å². The highest BCUT2D eigenvalue weighted by Crippen LogP contribution is 2.34. The molecule has 32 heavy (non-hydrogen) atoms. The van der Waals surface area contributed by atoms with E-state index in [-0.39, 0.29) is 30.1 Å². The first-order valence-corrected chi connectivity index (χ1v) is 11.2. The van der Waals surface area contributed by atoms with E-state index in [1.807, 2.05) is 27.7 Å². The second-order valence-corrected chi connectivity index (χ2v) is 9.98. The Morgan fingerprint density at radius 3 is 2.56 bits per heavy atom. The molecule has 1 aliphatic heterocycles. The lowest BCUT2D eigenvalue weighted by atomic mass is 10.0. The third-order valence-electron chi connectivity index (χ3n) is 5.78. The molecule has 10 nitrogen and oxygen atoms in total. The number of fused-ring (bicyclic) bond motifs is 1. The summed E-state index contributed by atoms with van der Waals surface area (Å²) in [6, 6.07) is -0.215. The van der Waals surface area contributed by atoms with Gasteiger partial charge in [0.05, 0.1) is 23.2 Å². The number of aromatic amines is 1. The van der Waals surface area contributed by atoms with Crippen LogP contribution in [-0.2, 0) is 18.3 Å². The third-order valence-corrected chi connectivity index (χ3v) is 6.97. The Morgan fingerprint density at radius 1 is 1.34 bits per heavy atom. The number of carbonyl (C=O) groups excluding carboxylic acids is 1. The number of aliphatic hydroxyl groups is 1. The van der Waals surface area contributed by atoms with Gasteiger partial charge in [-0.2, -0.15) is 5.10 Å². The van der Waals surface area contributed by atoms with Crippen LogP contribution in [0, 0.1) is 13.8 Å². The Kier molecular flexibility index (Phi) is 5.38. The van der Waals surface area contributed by atoms with Gasteiger partial charge in [-0.1, -0.05) is 0 Å². The van der Waals surface area contributed by atoms with Gasteiger partial charge in [0.2, 0.25) is 0 Å². The first kappa shape index (κ1) is 22.4. The molecule has 4 heterocycles. The number of aryl methyl sites for hydroxylation is 2. The molecule has 0 unspecified atom stereocenters. The lowest BCUT2D eigenvalue weighted by molar-refractivity contribution is -0.0796. The van der Waals surface area contributed by atoms with Crippen LogP contribution >= 0.6 is 11.3 Å². The highest BCUT2D eigenvalue weighted by Gasteiger charge is 2.39. The van der Waals surface area contributed by atoms with Gasteiger partial charge in [-0.25, -0.2) is 9.86 Å². The van der Waals surface area contributed by atoms with Crippen molar-refractivity contribution in [3.8, 4) is 0 Å². The number of aromatic nitrogens is 4. The fourth-order valence-electron chi connectivity index (χ4n) is 4.01. The fourth-order valence-corrected chi connectivity index (χ4v) is 5.43. The van der Waals surface area contributed by atoms with Crippen LogP contribution < -0.4 is 11.2 Å². The van der Waals surface area contributed by atoms with Crippen LogP contribution in [0.3, 0.4) is 0 Å². The van der Waals surface area contributed by atoms with Crippen molar-refractivity contribution in [1.82, 2.24) is 24.4 Å². The van der Waals surface area contributed by atoms with Crippen molar-refractivity contribution in [2.24, 2.45) is 7.05 Å². The predicted octanol–water partition coefficient (Wildman–Crippen LogP) is 1.41. The maximum absolute atomic E-state index is 13.6. The van der Waals surface area contributed by atoms with E-state index in [0.717, 1.165) is 26.6 Å². The zero-order chi connectivity index (χ0) is 23.5. The van der Waals surface area contributed by atoms with Crippen LogP contribution in [-0.4, -0.2) is 54.2 Å². The molecule has 1 saturated heterocycles. The SMILES string of the molecule is Cc1n[nH]c(C)c1Cc1sc2c(c1C(=O)N1C[C@](C)(O)CO1)c(=O)n(C)c(=O)n2C(C)C. The molecule has 1 aliphatic rings. The zero-order valence-corrected chi connectivity index (χ0v) is 19.8. The molecular weight excluding hydrogens is 434 g/mol. The van der Waals surface area contributed by atoms with Crippen LogP contribution in [0.1, 0.15) is 59.0 Å². The number of nitrogens with one attached hydrogen (secondary N) is 1. The molecule has 3 aromatic rings. The third kappa shape index (κ3) is 3.50. The lowest BCUT2D eigenvalue weighted by Gasteiger charge is -2.17. The van der Waals surface area contributed by atoms with Crippen molar-refractivity contribution < 1.29 is 14.7 Å². The Bertz CT molecular complexity index is 1320.